The Morgan fingerprint density at radius 3 is 2.97 bits per heavy atom. The summed E-state index contributed by atoms with van der Waals surface area (Å²) in [5, 5.41) is 7.79. The Morgan fingerprint density at radius 1 is 1.40 bits per heavy atom. The first kappa shape index (κ1) is 20.1. The molecule has 8 nitrogen and oxygen atoms in total. The number of amides is 1. The van der Waals surface area contributed by atoms with Gasteiger partial charge in [-0.15, -0.1) is 0 Å². The van der Waals surface area contributed by atoms with Crippen molar-refractivity contribution in [3.63, 3.8) is 0 Å². The molecule has 1 fully saturated rings. The maximum absolute atomic E-state index is 13.0. The first-order valence-electron chi connectivity index (χ1n) is 10.5. The number of fused-ring (bicyclic) bond motifs is 1. The molecular weight excluding hydrogens is 382 g/mol. The fraction of sp³-hybridized carbons (Fsp3) is 0.455. The minimum atomic E-state index is -0.614. The van der Waals surface area contributed by atoms with E-state index in [4.69, 9.17) is 10.5 Å². The van der Waals surface area contributed by atoms with Gasteiger partial charge in [-0.05, 0) is 24.6 Å². The van der Waals surface area contributed by atoms with E-state index in [2.05, 4.69) is 22.1 Å². The summed E-state index contributed by atoms with van der Waals surface area (Å²) in [6, 6.07) is 5.52. The number of ether oxygens (including phenoxy) is 1. The minimum absolute atomic E-state index is 0.0218. The predicted molar refractivity (Wildman–Crippen MR) is 114 cm³/mol. The zero-order valence-corrected chi connectivity index (χ0v) is 17.2. The maximum atomic E-state index is 13.0. The Bertz CT molecular complexity index is 1010. The van der Waals surface area contributed by atoms with Crippen molar-refractivity contribution in [2.45, 2.75) is 44.6 Å². The summed E-state index contributed by atoms with van der Waals surface area (Å²) in [5.41, 5.74) is 7.02. The summed E-state index contributed by atoms with van der Waals surface area (Å²) in [6.45, 7) is 3.83. The molecule has 1 aromatic heterocycles. The number of carbonyl (C=O) groups is 2. The molecule has 1 saturated heterocycles. The number of carbonyl (C=O) groups excluding carboxylic acids is 2. The highest BCUT2D eigenvalue weighted by atomic mass is 16.5. The van der Waals surface area contributed by atoms with Gasteiger partial charge in [-0.25, -0.2) is 0 Å². The fourth-order valence-corrected chi connectivity index (χ4v) is 4.00. The van der Waals surface area contributed by atoms with Gasteiger partial charge in [0.25, 0.3) is 5.91 Å². The number of nitrogens with one attached hydrogen (secondary N) is 1. The van der Waals surface area contributed by atoms with Crippen molar-refractivity contribution in [2.24, 2.45) is 10.7 Å². The molecule has 8 heteroatoms. The fourth-order valence-electron chi connectivity index (χ4n) is 4.00. The van der Waals surface area contributed by atoms with Crippen LogP contribution in [0.3, 0.4) is 0 Å². The van der Waals surface area contributed by atoms with E-state index < -0.39 is 5.60 Å². The van der Waals surface area contributed by atoms with Crippen molar-refractivity contribution in [3.05, 3.63) is 41.4 Å². The molecule has 3 heterocycles. The van der Waals surface area contributed by atoms with Crippen molar-refractivity contribution >= 4 is 28.8 Å². The zero-order valence-electron chi connectivity index (χ0n) is 17.2. The predicted octanol–water partition coefficient (Wildman–Crippen LogP) is 2.57. The lowest BCUT2D eigenvalue weighted by molar-refractivity contribution is -0.127. The third-order valence-corrected chi connectivity index (χ3v) is 5.87. The van der Waals surface area contributed by atoms with Gasteiger partial charge in [0.2, 0.25) is 0 Å². The molecule has 1 amide bonds. The Labute approximate surface area is 175 Å². The molecule has 2 aliphatic rings. The van der Waals surface area contributed by atoms with E-state index in [9.17, 15) is 9.59 Å². The number of nitrogens with two attached hydrogens (primary N) is 1. The van der Waals surface area contributed by atoms with Crippen LogP contribution in [-0.2, 0) is 9.53 Å². The van der Waals surface area contributed by atoms with Crippen molar-refractivity contribution in [1.82, 2.24) is 15.1 Å². The second-order valence-electron chi connectivity index (χ2n) is 8.02. The monoisotopic (exact) mass is 409 g/mol. The van der Waals surface area contributed by atoms with Crippen molar-refractivity contribution in [1.29, 1.82) is 0 Å². The summed E-state index contributed by atoms with van der Waals surface area (Å²) in [5.74, 6) is 0.238. The van der Waals surface area contributed by atoms with E-state index in [0.717, 1.165) is 23.7 Å². The number of likely N-dealkylation sites (tertiary alicyclic amines) is 1. The van der Waals surface area contributed by atoms with E-state index in [1.54, 1.807) is 12.4 Å². The Morgan fingerprint density at radius 2 is 2.20 bits per heavy atom. The number of hydrogen-bond acceptors (Lipinski definition) is 6. The number of ketones is 1. The second kappa shape index (κ2) is 8.30. The third kappa shape index (κ3) is 3.94. The lowest BCUT2D eigenvalue weighted by Crippen LogP contribution is -2.51. The molecule has 0 saturated carbocycles. The summed E-state index contributed by atoms with van der Waals surface area (Å²) in [6.07, 6.45) is 6.72. The van der Waals surface area contributed by atoms with E-state index in [-0.39, 0.29) is 23.8 Å². The average molecular weight is 409 g/mol. The third-order valence-electron chi connectivity index (χ3n) is 5.87. The van der Waals surface area contributed by atoms with Crippen LogP contribution in [0.1, 0.15) is 49.4 Å². The Kier molecular flexibility index (Phi) is 5.57. The molecule has 0 unspecified atom stereocenters. The summed E-state index contributed by atoms with van der Waals surface area (Å²) >= 11 is 0. The van der Waals surface area contributed by atoms with Crippen molar-refractivity contribution < 1.29 is 14.3 Å². The normalized spacial score (nSPS) is 19.1. The number of aliphatic imine (C=N–C) groups is 1. The maximum Gasteiger partial charge on any atom is 0.253 e. The van der Waals surface area contributed by atoms with E-state index in [1.807, 2.05) is 23.1 Å². The van der Waals surface area contributed by atoms with Gasteiger partial charge in [-0.2, -0.15) is 5.10 Å². The number of rotatable bonds is 5. The smallest absolute Gasteiger partial charge is 0.253 e. The lowest BCUT2D eigenvalue weighted by atomic mass is 9.83. The van der Waals surface area contributed by atoms with Gasteiger partial charge in [0.05, 0.1) is 24.3 Å². The summed E-state index contributed by atoms with van der Waals surface area (Å²) in [4.78, 5) is 31.6. The molecule has 1 spiro atoms. The number of benzene rings is 1. The molecular formula is C22H27N5O3. The second-order valence-corrected chi connectivity index (χ2v) is 8.02. The lowest BCUT2D eigenvalue weighted by Gasteiger charge is -2.43. The zero-order chi connectivity index (χ0) is 21.1. The number of hydrogen-bond donors (Lipinski definition) is 2. The van der Waals surface area contributed by atoms with Crippen LogP contribution in [0.2, 0.25) is 0 Å². The number of aromatic amines is 1. The van der Waals surface area contributed by atoms with Gasteiger partial charge in [0.15, 0.2) is 11.5 Å². The largest absolute Gasteiger partial charge is 0.483 e. The Hall–Kier alpha value is -3.16. The highest BCUT2D eigenvalue weighted by molar-refractivity contribution is 6.01. The van der Waals surface area contributed by atoms with Crippen molar-refractivity contribution in [3.8, 4) is 0 Å². The number of nitrogens with zero attached hydrogens (tertiary/aromatic N) is 3. The van der Waals surface area contributed by atoms with Crippen LogP contribution in [0.25, 0.3) is 10.9 Å². The first-order chi connectivity index (χ1) is 14.5. The summed E-state index contributed by atoms with van der Waals surface area (Å²) < 4.78 is 6.19. The number of allylic oxidation sites excluding steroid dienone is 2. The molecule has 0 radical (unpaired) electrons. The van der Waals surface area contributed by atoms with E-state index in [0.29, 0.717) is 43.8 Å². The van der Waals surface area contributed by atoms with Crippen LogP contribution in [0.4, 0.5) is 0 Å². The number of aromatic nitrogens is 2. The molecule has 30 heavy (non-hydrogen) atoms. The molecule has 2 aliphatic heterocycles. The molecule has 4 rings (SSSR count). The topological polar surface area (TPSA) is 114 Å². The van der Waals surface area contributed by atoms with Gasteiger partial charge < -0.3 is 15.4 Å². The molecule has 0 atom stereocenters. The van der Waals surface area contributed by atoms with Crippen LogP contribution >= 0.6 is 0 Å². The highest BCUT2D eigenvalue weighted by Crippen LogP contribution is 2.36. The van der Waals surface area contributed by atoms with Crippen LogP contribution in [0, 0.1) is 0 Å². The van der Waals surface area contributed by atoms with Crippen LogP contribution in [0.5, 0.6) is 0 Å². The van der Waals surface area contributed by atoms with Gasteiger partial charge >= 0.3 is 0 Å². The van der Waals surface area contributed by atoms with Gasteiger partial charge in [-0.3, -0.25) is 19.7 Å². The number of H-pyrrole nitrogens is 1. The molecule has 1 aromatic carbocycles. The quantitative estimate of drug-likeness (QED) is 0.582. The standard InChI is InChI=1S/C22H27N5O3/c1-2-3-8-24-14-19-20(23)18(28)12-22(30-19)6-9-27(10-7-22)21(29)15-4-5-17-16(11-15)13-25-26-17/h4-5,11,13-14H,2-3,6-10,12,23H2,1H3,(H,25,26). The highest BCUT2D eigenvalue weighted by Gasteiger charge is 2.44. The first-order valence-corrected chi connectivity index (χ1v) is 10.5. The van der Waals surface area contributed by atoms with Gasteiger partial charge in [0.1, 0.15) is 11.3 Å². The average Bonchev–Trinajstić information content (AvgIpc) is 3.22. The van der Waals surface area contributed by atoms with E-state index >= 15 is 0 Å². The van der Waals surface area contributed by atoms with Gasteiger partial charge in [-0.1, -0.05) is 13.3 Å². The molecule has 0 bridgehead atoms. The van der Waals surface area contributed by atoms with E-state index in [1.165, 1.54) is 0 Å². The summed E-state index contributed by atoms with van der Waals surface area (Å²) in [7, 11) is 0. The van der Waals surface area contributed by atoms with Crippen molar-refractivity contribution in [2.75, 3.05) is 19.6 Å². The molecule has 158 valence electrons. The molecule has 3 N–H and O–H groups in total. The van der Waals surface area contributed by atoms with Gasteiger partial charge in [0, 0.05) is 43.4 Å². The van der Waals surface area contributed by atoms with Crippen LogP contribution in [0.15, 0.2) is 40.8 Å². The van der Waals surface area contributed by atoms with Crippen LogP contribution < -0.4 is 5.73 Å². The minimum Gasteiger partial charge on any atom is -0.483 e. The molecule has 2 aromatic rings. The molecule has 0 aliphatic carbocycles. The Balaban J connectivity index is 1.43. The number of piperidine rings is 1. The number of unbranched alkanes of at least 4 members (excludes halogenated alkanes) is 1. The number of Topliss-reactive ketones (excluding diaryl/α,β-unsaturated/α-hetero) is 1. The van der Waals surface area contributed by atoms with Crippen LogP contribution in [-0.4, -0.2) is 58.2 Å². The SMILES string of the molecule is CCCCN=CC1=C(N)C(=O)CC2(CCN(C(=O)c3ccc4[nH]ncc4c3)CC2)O1.